The summed E-state index contributed by atoms with van der Waals surface area (Å²) in [7, 11) is 0. The summed E-state index contributed by atoms with van der Waals surface area (Å²) < 4.78 is 0. The van der Waals surface area contributed by atoms with Crippen molar-refractivity contribution in [2.45, 2.75) is 40.5 Å². The molecule has 117 valence electrons. The Hall–Kier alpha value is -0.101. The number of nitrogens with zero attached hydrogens (tertiary/aromatic N) is 1. The van der Waals surface area contributed by atoms with Crippen molar-refractivity contribution in [3.8, 4) is 0 Å². The van der Waals surface area contributed by atoms with E-state index in [1.807, 2.05) is 0 Å². The van der Waals surface area contributed by atoms with Crippen molar-refractivity contribution in [2.24, 2.45) is 17.6 Å². The molecule has 0 rings (SSSR count). The van der Waals surface area contributed by atoms with E-state index in [-0.39, 0.29) is 22.3 Å². The van der Waals surface area contributed by atoms with Gasteiger partial charge in [-0.05, 0) is 24.7 Å². The van der Waals surface area contributed by atoms with E-state index in [1.54, 1.807) is 4.90 Å². The van der Waals surface area contributed by atoms with E-state index >= 15 is 0 Å². The molecule has 0 atom stereocenters. The van der Waals surface area contributed by atoms with Gasteiger partial charge in [0.05, 0.1) is 5.24 Å². The fourth-order valence-corrected chi connectivity index (χ4v) is 1.31. The van der Waals surface area contributed by atoms with Crippen LogP contribution in [0, 0.1) is 11.8 Å². The van der Waals surface area contributed by atoms with Crippen LogP contribution in [-0.2, 0) is 42.3 Å². The van der Waals surface area contributed by atoms with Gasteiger partial charge in [0.2, 0.25) is 0 Å². The first kappa shape index (κ1) is 24.0. The minimum Gasteiger partial charge on any atom is -0.719 e. The second-order valence-corrected chi connectivity index (χ2v) is 5.69. The summed E-state index contributed by atoms with van der Waals surface area (Å²) in [6.45, 7) is 10.3. The summed E-state index contributed by atoms with van der Waals surface area (Å²) >= 11 is 8.45. The van der Waals surface area contributed by atoms with Crippen LogP contribution >= 0.6 is 0 Å². The van der Waals surface area contributed by atoms with Crippen LogP contribution in [-0.4, -0.2) is 28.5 Å². The Kier molecular flexibility index (Phi) is 18.0. The quantitative estimate of drug-likeness (QED) is 0.587. The molecule has 0 aliphatic rings. The molecular weight excluding hydrogens is 332 g/mol. The van der Waals surface area contributed by atoms with Crippen LogP contribution in [0.5, 0.6) is 0 Å². The van der Waals surface area contributed by atoms with E-state index in [4.69, 9.17) is 17.4 Å². The summed E-state index contributed by atoms with van der Waals surface area (Å²) in [4.78, 5) is 21.9. The second kappa shape index (κ2) is 14.3. The van der Waals surface area contributed by atoms with Crippen LogP contribution in [0.2, 0.25) is 0 Å². The van der Waals surface area contributed by atoms with Crippen LogP contribution in [0.3, 0.4) is 0 Å². The largest absolute Gasteiger partial charge is 2.00 e. The first-order valence-corrected chi connectivity index (χ1v) is 6.90. The molecule has 0 heterocycles. The van der Waals surface area contributed by atoms with E-state index in [9.17, 15) is 4.79 Å². The molecule has 0 aliphatic carbocycles. The Bertz CT molecular complexity index is 236. The number of amides is 2. The molecule has 19 heavy (non-hydrogen) atoms. The molecule has 0 bridgehead atoms. The number of carbonyl (C=O) groups excluding carboxylic acids is 2. The molecule has 0 unspecified atom stereocenters. The summed E-state index contributed by atoms with van der Waals surface area (Å²) in [6, 6.07) is 0. The SMILES string of the molecule is CC(C)CCN(CCC(C)C)C(=O)[S-].NC(=O)[S-].[Cu+2]. The van der Waals surface area contributed by atoms with Gasteiger partial charge in [-0.15, -0.1) is 0 Å². The van der Waals surface area contributed by atoms with Crippen molar-refractivity contribution >= 4 is 35.7 Å². The molecule has 0 fully saturated rings. The van der Waals surface area contributed by atoms with E-state index in [2.05, 4.69) is 46.1 Å². The molecule has 7 heteroatoms. The zero-order valence-corrected chi connectivity index (χ0v) is 14.5. The summed E-state index contributed by atoms with van der Waals surface area (Å²) in [5.74, 6) is 1.26. The Morgan fingerprint density at radius 3 is 1.42 bits per heavy atom. The van der Waals surface area contributed by atoms with Crippen molar-refractivity contribution in [3.05, 3.63) is 0 Å². The zero-order valence-electron chi connectivity index (χ0n) is 11.9. The molecule has 2 N–H and O–H groups in total. The number of rotatable bonds is 6. The molecule has 1 radical (unpaired) electrons. The van der Waals surface area contributed by atoms with Crippen molar-refractivity contribution in [1.29, 1.82) is 0 Å². The van der Waals surface area contributed by atoms with Crippen LogP contribution < -0.4 is 5.73 Å². The van der Waals surface area contributed by atoms with Gasteiger partial charge in [-0.1, -0.05) is 27.7 Å². The third-order valence-corrected chi connectivity index (χ3v) is 2.47. The average Bonchev–Trinajstić information content (AvgIpc) is 2.14. The second-order valence-electron chi connectivity index (χ2n) is 4.94. The predicted octanol–water partition coefficient (Wildman–Crippen LogP) is 2.66. The van der Waals surface area contributed by atoms with Crippen molar-refractivity contribution in [2.75, 3.05) is 13.1 Å². The minimum atomic E-state index is -0.750. The number of primary amides is 1. The van der Waals surface area contributed by atoms with Gasteiger partial charge < -0.3 is 45.5 Å². The smallest absolute Gasteiger partial charge is 0.719 e. The Morgan fingerprint density at radius 2 is 1.26 bits per heavy atom. The molecule has 0 aromatic carbocycles. The number of hydrogen-bond donors (Lipinski definition) is 1. The molecule has 0 aliphatic heterocycles. The van der Waals surface area contributed by atoms with E-state index in [0.717, 1.165) is 25.9 Å². The standard InChI is InChI=1S/C11H23NOS.CH3NOS.Cu/c1-9(2)5-7-12(11(13)14)8-6-10(3)4;2-1(3)4;/h9-10H,5-8H2,1-4H3,(H,13,14);(H3,2,3,4);/q;;+2/p-2. The van der Waals surface area contributed by atoms with Crippen LogP contribution in [0.25, 0.3) is 0 Å². The van der Waals surface area contributed by atoms with Gasteiger partial charge in [0.1, 0.15) is 5.24 Å². The Labute approximate surface area is 138 Å². The predicted molar refractivity (Wildman–Crippen MR) is 80.2 cm³/mol. The molecule has 0 saturated carbocycles. The molecule has 4 nitrogen and oxygen atoms in total. The van der Waals surface area contributed by atoms with Gasteiger partial charge in [-0.2, -0.15) is 0 Å². The van der Waals surface area contributed by atoms with Crippen LogP contribution in [0.1, 0.15) is 40.5 Å². The van der Waals surface area contributed by atoms with Crippen molar-refractivity contribution in [1.82, 2.24) is 4.90 Å². The third kappa shape index (κ3) is 23.4. The maximum absolute atomic E-state index is 11.1. The van der Waals surface area contributed by atoms with Crippen molar-refractivity contribution in [3.63, 3.8) is 0 Å². The van der Waals surface area contributed by atoms with Crippen LogP contribution in [0.4, 0.5) is 9.59 Å². The summed E-state index contributed by atoms with van der Waals surface area (Å²) in [5.41, 5.74) is 4.29. The number of hydrogen-bond acceptors (Lipinski definition) is 4. The van der Waals surface area contributed by atoms with Gasteiger partial charge in [0, 0.05) is 13.1 Å². The monoisotopic (exact) mass is 355 g/mol. The van der Waals surface area contributed by atoms with Crippen molar-refractivity contribution < 1.29 is 26.7 Å². The van der Waals surface area contributed by atoms with Gasteiger partial charge in [-0.25, -0.2) is 0 Å². The zero-order chi connectivity index (χ0) is 14.7. The number of carbonyl (C=O) groups is 2. The van der Waals surface area contributed by atoms with Crippen LogP contribution in [0.15, 0.2) is 0 Å². The molecule has 0 aromatic rings. The van der Waals surface area contributed by atoms with Gasteiger partial charge in [-0.3, -0.25) is 0 Å². The molecular formula is C12H24CuN2O2S2. The molecule has 0 aromatic heterocycles. The maximum Gasteiger partial charge on any atom is 2.00 e. The summed E-state index contributed by atoms with van der Waals surface area (Å²) in [5, 5.41) is -0.952. The summed E-state index contributed by atoms with van der Waals surface area (Å²) in [6.07, 6.45) is 2.08. The third-order valence-electron chi connectivity index (χ3n) is 2.21. The maximum atomic E-state index is 11.1. The van der Waals surface area contributed by atoms with E-state index in [0.29, 0.717) is 11.8 Å². The number of nitrogens with two attached hydrogens (primary N) is 1. The Morgan fingerprint density at radius 1 is 1.00 bits per heavy atom. The normalized spacial score (nSPS) is 9.37. The van der Waals surface area contributed by atoms with Gasteiger partial charge in [0.15, 0.2) is 0 Å². The Balaban J connectivity index is -0.000000448. The molecule has 0 saturated heterocycles. The first-order valence-electron chi connectivity index (χ1n) is 6.09. The van der Waals surface area contributed by atoms with Gasteiger partial charge >= 0.3 is 17.1 Å². The topological polar surface area (TPSA) is 63.4 Å². The fourth-order valence-electron chi connectivity index (χ4n) is 1.12. The van der Waals surface area contributed by atoms with Gasteiger partial charge in [0.25, 0.3) is 0 Å². The van der Waals surface area contributed by atoms with E-state index < -0.39 is 5.24 Å². The first-order chi connectivity index (χ1) is 8.16. The average molecular weight is 356 g/mol. The fraction of sp³-hybridized carbons (Fsp3) is 0.833. The minimum absolute atomic E-state index is 0. The van der Waals surface area contributed by atoms with E-state index in [1.165, 1.54) is 0 Å². The molecule has 0 spiro atoms. The molecule has 2 amide bonds.